The molecule has 0 spiro atoms. The van der Waals surface area contributed by atoms with Gasteiger partial charge >= 0.3 is 0 Å². The highest BCUT2D eigenvalue weighted by Gasteiger charge is 2.10. The fraction of sp³-hybridized carbons (Fsp3) is 0.667. The van der Waals surface area contributed by atoms with Gasteiger partial charge in [-0.3, -0.25) is 0 Å². The Balaban J connectivity index is 2.76. The van der Waals surface area contributed by atoms with Crippen LogP contribution in [-0.4, -0.2) is 0 Å². The van der Waals surface area contributed by atoms with Crippen molar-refractivity contribution in [1.82, 2.24) is 0 Å². The molecule has 0 amide bonds. The summed E-state index contributed by atoms with van der Waals surface area (Å²) in [6.07, 6.45) is 2.49. The van der Waals surface area contributed by atoms with Gasteiger partial charge in [0.1, 0.15) is 0 Å². The molecule has 74 valence electrons. The Labute approximate surface area is 86.0 Å². The summed E-state index contributed by atoms with van der Waals surface area (Å²) in [4.78, 5) is 0. The molecule has 1 aromatic rings. The van der Waals surface area contributed by atoms with Crippen LogP contribution in [0.3, 0.4) is 0 Å². The minimum absolute atomic E-state index is 0.736. The maximum absolute atomic E-state index is 2.33. The normalized spacial score (nSPS) is 13.6. The van der Waals surface area contributed by atoms with Gasteiger partial charge in [0.05, 0.1) is 0 Å². The minimum atomic E-state index is 0.736. The fourth-order valence-electron chi connectivity index (χ4n) is 1.59. The van der Waals surface area contributed by atoms with Gasteiger partial charge in [0.25, 0.3) is 0 Å². The minimum Gasteiger partial charge on any atom is -0.152 e. The van der Waals surface area contributed by atoms with Crippen molar-refractivity contribution in [2.45, 2.75) is 46.5 Å². The van der Waals surface area contributed by atoms with E-state index in [-0.39, 0.29) is 0 Å². The lowest BCUT2D eigenvalue weighted by molar-refractivity contribution is 0.633. The number of hydrogen-bond acceptors (Lipinski definition) is 1. The monoisotopic (exact) mass is 196 g/mol. The zero-order valence-electron chi connectivity index (χ0n) is 9.13. The first-order valence-corrected chi connectivity index (χ1v) is 6.14. The van der Waals surface area contributed by atoms with Crippen LogP contribution in [0.25, 0.3) is 0 Å². The van der Waals surface area contributed by atoms with E-state index in [1.54, 1.807) is 11.1 Å². The first kappa shape index (κ1) is 10.8. The lowest BCUT2D eigenvalue weighted by Crippen LogP contribution is -1.98. The predicted octanol–water partition coefficient (Wildman–Crippen LogP) is 4.46. The van der Waals surface area contributed by atoms with E-state index in [1.165, 1.54) is 12.8 Å². The lowest BCUT2D eigenvalue weighted by Gasteiger charge is -2.11. The Morgan fingerprint density at radius 3 is 2.46 bits per heavy atom. The van der Waals surface area contributed by atoms with Crippen molar-refractivity contribution in [3.8, 4) is 0 Å². The zero-order chi connectivity index (χ0) is 9.84. The maximum Gasteiger partial charge on any atom is -0.00557 e. The topological polar surface area (TPSA) is 0 Å². The van der Waals surface area contributed by atoms with Crippen LogP contribution < -0.4 is 0 Å². The molecule has 0 aromatic carbocycles. The third-order valence-electron chi connectivity index (χ3n) is 2.55. The number of rotatable bonds is 4. The summed E-state index contributed by atoms with van der Waals surface area (Å²) in [5, 5.41) is 4.65. The van der Waals surface area contributed by atoms with E-state index in [9.17, 15) is 0 Å². The zero-order valence-corrected chi connectivity index (χ0v) is 9.95. The summed E-state index contributed by atoms with van der Waals surface area (Å²) >= 11 is 1.85. The Hall–Kier alpha value is -0.300. The number of thiophene rings is 1. The molecule has 0 fully saturated rings. The Morgan fingerprint density at radius 1 is 1.23 bits per heavy atom. The highest BCUT2D eigenvalue weighted by molar-refractivity contribution is 7.08. The second-order valence-electron chi connectivity index (χ2n) is 4.26. The summed E-state index contributed by atoms with van der Waals surface area (Å²) in [6, 6.07) is 0. The van der Waals surface area contributed by atoms with Crippen LogP contribution in [0, 0.1) is 5.92 Å². The Morgan fingerprint density at radius 2 is 1.92 bits per heavy atom. The molecular weight excluding hydrogens is 176 g/mol. The van der Waals surface area contributed by atoms with E-state index < -0.39 is 0 Å². The van der Waals surface area contributed by atoms with Crippen molar-refractivity contribution >= 4 is 11.3 Å². The summed E-state index contributed by atoms with van der Waals surface area (Å²) in [5.41, 5.74) is 3.16. The highest BCUT2D eigenvalue weighted by Crippen LogP contribution is 2.27. The van der Waals surface area contributed by atoms with E-state index in [2.05, 4.69) is 38.5 Å². The van der Waals surface area contributed by atoms with Crippen LogP contribution in [0.5, 0.6) is 0 Å². The van der Waals surface area contributed by atoms with Crippen molar-refractivity contribution in [2.24, 2.45) is 5.92 Å². The van der Waals surface area contributed by atoms with Gasteiger partial charge in [-0.05, 0) is 46.6 Å². The average Bonchev–Trinajstić information content (AvgIpc) is 2.50. The van der Waals surface area contributed by atoms with Crippen LogP contribution in [-0.2, 0) is 6.42 Å². The van der Waals surface area contributed by atoms with E-state index in [4.69, 9.17) is 0 Å². The molecule has 1 unspecified atom stereocenters. The number of hydrogen-bond donors (Lipinski definition) is 0. The van der Waals surface area contributed by atoms with Gasteiger partial charge in [-0.2, -0.15) is 11.3 Å². The van der Waals surface area contributed by atoms with E-state index in [0.717, 1.165) is 11.8 Å². The van der Waals surface area contributed by atoms with Crippen LogP contribution in [0.2, 0.25) is 0 Å². The molecule has 0 bridgehead atoms. The SMILES string of the molecule is CCC(C)c1cscc1CC(C)C. The van der Waals surface area contributed by atoms with Crippen LogP contribution in [0.15, 0.2) is 10.8 Å². The van der Waals surface area contributed by atoms with E-state index >= 15 is 0 Å². The molecule has 0 saturated carbocycles. The third-order valence-corrected chi connectivity index (χ3v) is 3.36. The first-order chi connectivity index (χ1) is 6.15. The smallest absolute Gasteiger partial charge is 0.00557 e. The van der Waals surface area contributed by atoms with Gasteiger partial charge in [0.15, 0.2) is 0 Å². The summed E-state index contributed by atoms with van der Waals surface area (Å²) < 4.78 is 0. The van der Waals surface area contributed by atoms with Gasteiger partial charge < -0.3 is 0 Å². The first-order valence-electron chi connectivity index (χ1n) is 5.20. The molecule has 0 radical (unpaired) electrons. The molecule has 0 aliphatic heterocycles. The van der Waals surface area contributed by atoms with E-state index in [1.807, 2.05) is 11.3 Å². The standard InChI is InChI=1S/C12H20S/c1-5-10(4)12-8-13-7-11(12)6-9(2)3/h7-10H,5-6H2,1-4H3. The van der Waals surface area contributed by atoms with Crippen LogP contribution in [0.1, 0.15) is 51.2 Å². The molecule has 1 atom stereocenters. The van der Waals surface area contributed by atoms with Crippen molar-refractivity contribution in [3.05, 3.63) is 21.9 Å². The lowest BCUT2D eigenvalue weighted by atomic mass is 9.93. The second-order valence-corrected chi connectivity index (χ2v) is 5.00. The molecule has 1 heterocycles. The molecule has 0 aliphatic rings. The fourth-order valence-corrected chi connectivity index (χ4v) is 2.59. The Kier molecular flexibility index (Phi) is 3.98. The van der Waals surface area contributed by atoms with Crippen molar-refractivity contribution in [2.75, 3.05) is 0 Å². The molecule has 0 N–H and O–H groups in total. The van der Waals surface area contributed by atoms with Gasteiger partial charge in [-0.25, -0.2) is 0 Å². The summed E-state index contributed by atoms with van der Waals surface area (Å²) in [6.45, 7) is 9.17. The molecule has 0 nitrogen and oxygen atoms in total. The van der Waals surface area contributed by atoms with Gasteiger partial charge in [0.2, 0.25) is 0 Å². The summed E-state index contributed by atoms with van der Waals surface area (Å²) in [7, 11) is 0. The molecule has 13 heavy (non-hydrogen) atoms. The van der Waals surface area contributed by atoms with Crippen molar-refractivity contribution < 1.29 is 0 Å². The van der Waals surface area contributed by atoms with Gasteiger partial charge in [-0.1, -0.05) is 27.7 Å². The van der Waals surface area contributed by atoms with Crippen LogP contribution >= 0.6 is 11.3 Å². The molecule has 1 heteroatoms. The quantitative estimate of drug-likeness (QED) is 0.667. The predicted molar refractivity (Wildman–Crippen MR) is 61.6 cm³/mol. The average molecular weight is 196 g/mol. The summed E-state index contributed by atoms with van der Waals surface area (Å²) in [5.74, 6) is 1.51. The van der Waals surface area contributed by atoms with Crippen molar-refractivity contribution in [3.63, 3.8) is 0 Å². The van der Waals surface area contributed by atoms with E-state index in [0.29, 0.717) is 0 Å². The third kappa shape index (κ3) is 2.84. The van der Waals surface area contributed by atoms with Gasteiger partial charge in [-0.15, -0.1) is 0 Å². The van der Waals surface area contributed by atoms with Gasteiger partial charge in [0, 0.05) is 0 Å². The maximum atomic E-state index is 2.33. The second kappa shape index (κ2) is 4.80. The molecule has 1 rings (SSSR count). The Bertz CT molecular complexity index is 247. The molecule has 0 saturated heterocycles. The van der Waals surface area contributed by atoms with Crippen LogP contribution in [0.4, 0.5) is 0 Å². The highest BCUT2D eigenvalue weighted by atomic mass is 32.1. The molecule has 1 aromatic heterocycles. The van der Waals surface area contributed by atoms with Crippen molar-refractivity contribution in [1.29, 1.82) is 0 Å². The molecular formula is C12H20S. The molecule has 0 aliphatic carbocycles. The largest absolute Gasteiger partial charge is 0.152 e.